The molecule has 0 aromatic heterocycles. The Kier molecular flexibility index (Phi) is 18.9. The third kappa shape index (κ3) is 10.2. The van der Waals surface area contributed by atoms with Crippen LogP contribution in [0.1, 0.15) is 188 Å². The second-order valence-corrected chi connectivity index (χ2v) is 44.5. The maximum Gasteiger partial charge on any atom is 0.146 e. The standard InChI is InChI=1S/C54H87ClSi4/c1-36(2)56(37(3)4,38(5)6)31-27-50-49-26-25-48(55)35-54(49)53(30-34-59(45(19)20,46(21)22)47(23)24)52(29-33-58(42(13)14,43(15)16)44(17)18)51(50)28-32-57(39(7)8,40(9)10)41(11)12/h25-26,35-47H,1-24H3. The average Bonchev–Trinajstić information content (AvgIpc) is 3.08. The van der Waals surface area contributed by atoms with Crippen LogP contribution in [0.5, 0.6) is 0 Å². The van der Waals surface area contributed by atoms with Gasteiger partial charge in [0.2, 0.25) is 0 Å². The van der Waals surface area contributed by atoms with Gasteiger partial charge in [-0.2, -0.15) is 0 Å². The van der Waals surface area contributed by atoms with E-state index in [4.69, 9.17) is 11.6 Å². The van der Waals surface area contributed by atoms with Crippen LogP contribution in [0.25, 0.3) is 10.8 Å². The molecule has 0 saturated heterocycles. The summed E-state index contributed by atoms with van der Waals surface area (Å²) in [4.78, 5) is 0. The lowest BCUT2D eigenvalue weighted by Crippen LogP contribution is -2.43. The molecule has 0 fully saturated rings. The number of hydrogen-bond donors (Lipinski definition) is 0. The van der Waals surface area contributed by atoms with E-state index in [1.807, 2.05) is 6.07 Å². The summed E-state index contributed by atoms with van der Waals surface area (Å²) in [5.74, 6) is 16.2. The predicted octanol–water partition coefficient (Wildman–Crippen LogP) is 17.8. The summed E-state index contributed by atoms with van der Waals surface area (Å²) in [7, 11) is -8.59. The molecule has 0 unspecified atom stereocenters. The van der Waals surface area contributed by atoms with Crippen molar-refractivity contribution in [3.63, 3.8) is 0 Å². The molecule has 2 aromatic carbocycles. The Labute approximate surface area is 376 Å². The van der Waals surface area contributed by atoms with Gasteiger partial charge in [-0.3, -0.25) is 0 Å². The van der Waals surface area contributed by atoms with Gasteiger partial charge in [0.15, 0.2) is 0 Å². The van der Waals surface area contributed by atoms with Crippen LogP contribution in [0.2, 0.25) is 71.5 Å². The minimum Gasteiger partial charge on any atom is -0.125 e. The molecular weight excluding hydrogens is 796 g/mol. The zero-order chi connectivity index (χ0) is 45.7. The second kappa shape index (κ2) is 21.0. The lowest BCUT2D eigenvalue weighted by atomic mass is 9.90. The van der Waals surface area contributed by atoms with Crippen molar-refractivity contribution in [2.24, 2.45) is 0 Å². The minimum absolute atomic E-state index is 0.494. The summed E-state index contributed by atoms with van der Waals surface area (Å²) in [6.07, 6.45) is 0. The van der Waals surface area contributed by atoms with Crippen LogP contribution in [-0.2, 0) is 0 Å². The van der Waals surface area contributed by atoms with Gasteiger partial charge in [0.05, 0.1) is 11.1 Å². The van der Waals surface area contributed by atoms with Crippen molar-refractivity contribution in [1.29, 1.82) is 0 Å². The number of fused-ring (bicyclic) bond motifs is 1. The molecule has 59 heavy (non-hydrogen) atoms. The molecular formula is C54H87ClSi4. The Hall–Kier alpha value is -1.90. The number of rotatable bonds is 12. The molecule has 0 aliphatic carbocycles. The van der Waals surface area contributed by atoms with E-state index in [1.54, 1.807) is 0 Å². The molecule has 326 valence electrons. The molecule has 0 spiro atoms. The minimum atomic E-state index is -2.17. The van der Waals surface area contributed by atoms with Crippen molar-refractivity contribution in [3.05, 3.63) is 45.5 Å². The van der Waals surface area contributed by atoms with Gasteiger partial charge in [0, 0.05) is 21.5 Å². The molecule has 0 nitrogen and oxygen atoms in total. The van der Waals surface area contributed by atoms with Gasteiger partial charge in [-0.1, -0.05) is 208 Å². The largest absolute Gasteiger partial charge is 0.146 e. The summed E-state index contributed by atoms with van der Waals surface area (Å²) in [5.41, 5.74) is 26.8. The SMILES string of the molecule is CC(C)[Si](C#Cc1c(C#C[Si](C(C)C)(C(C)C)C(C)C)c(C#C[Si](C(C)C)(C(C)C)C(C)C)c2cc(Cl)ccc2c1C#C[Si](C(C)C)(C(C)C)C(C)C)(C(C)C)C(C)C. The zero-order valence-electron chi connectivity index (χ0n) is 42.5. The lowest BCUT2D eigenvalue weighted by molar-refractivity contribution is 0.838. The second-order valence-electron chi connectivity index (χ2n) is 21.8. The monoisotopic (exact) mass is 883 g/mol. The van der Waals surface area contributed by atoms with Gasteiger partial charge < -0.3 is 0 Å². The summed E-state index contributed by atoms with van der Waals surface area (Å²) in [6, 6.07) is 6.42. The molecule has 0 amide bonds. The smallest absolute Gasteiger partial charge is 0.125 e. The Morgan fingerprint density at radius 3 is 0.729 bits per heavy atom. The highest BCUT2D eigenvalue weighted by Crippen LogP contribution is 2.45. The maximum absolute atomic E-state index is 7.03. The summed E-state index contributed by atoms with van der Waals surface area (Å²) < 4.78 is 0. The van der Waals surface area contributed by atoms with E-state index in [-0.39, 0.29) is 0 Å². The quantitative estimate of drug-likeness (QED) is 0.147. The molecule has 0 aliphatic rings. The molecule has 0 N–H and O–H groups in total. The van der Waals surface area contributed by atoms with Gasteiger partial charge in [0.1, 0.15) is 32.3 Å². The van der Waals surface area contributed by atoms with Crippen molar-refractivity contribution in [1.82, 2.24) is 0 Å². The number of hydrogen-bond acceptors (Lipinski definition) is 0. The molecule has 0 heterocycles. The van der Waals surface area contributed by atoms with Gasteiger partial charge in [0.25, 0.3) is 0 Å². The molecule has 0 saturated carbocycles. The van der Waals surface area contributed by atoms with Crippen molar-refractivity contribution in [2.45, 2.75) is 233 Å². The molecule has 0 aliphatic heterocycles. The fourth-order valence-electron chi connectivity index (χ4n) is 12.4. The van der Waals surface area contributed by atoms with Crippen molar-refractivity contribution in [3.8, 4) is 45.9 Å². The normalized spacial score (nSPS) is 13.1. The van der Waals surface area contributed by atoms with Crippen LogP contribution < -0.4 is 0 Å². The molecule has 0 radical (unpaired) electrons. The molecule has 5 heteroatoms. The highest BCUT2D eigenvalue weighted by Gasteiger charge is 2.45. The Balaban J connectivity index is 3.82. The first-order chi connectivity index (χ1) is 27.1. The van der Waals surface area contributed by atoms with E-state index in [9.17, 15) is 0 Å². The van der Waals surface area contributed by atoms with Crippen LogP contribution in [0.3, 0.4) is 0 Å². The number of benzene rings is 2. The van der Waals surface area contributed by atoms with Gasteiger partial charge >= 0.3 is 0 Å². The topological polar surface area (TPSA) is 0 Å². The summed E-state index contributed by atoms with van der Waals surface area (Å²) in [6.45, 7) is 57.8. The van der Waals surface area contributed by atoms with E-state index in [2.05, 4.69) is 224 Å². The molecule has 2 aromatic rings. The van der Waals surface area contributed by atoms with Crippen molar-refractivity contribution < 1.29 is 0 Å². The van der Waals surface area contributed by atoms with E-state index in [1.165, 1.54) is 0 Å². The van der Waals surface area contributed by atoms with Crippen LogP contribution in [0.15, 0.2) is 18.2 Å². The summed E-state index contributed by atoms with van der Waals surface area (Å²) >= 11 is 7.03. The number of halogens is 1. The highest BCUT2D eigenvalue weighted by atomic mass is 35.5. The maximum atomic E-state index is 7.03. The molecule has 0 atom stereocenters. The lowest BCUT2D eigenvalue weighted by Gasteiger charge is -2.38. The van der Waals surface area contributed by atoms with Gasteiger partial charge in [-0.05, 0) is 84.0 Å². The van der Waals surface area contributed by atoms with E-state index >= 15 is 0 Å². The predicted molar refractivity (Wildman–Crippen MR) is 281 cm³/mol. The van der Waals surface area contributed by atoms with Crippen LogP contribution >= 0.6 is 11.6 Å². The van der Waals surface area contributed by atoms with Crippen LogP contribution in [-0.4, -0.2) is 32.3 Å². The average molecular weight is 884 g/mol. The molecule has 2 rings (SSSR count). The van der Waals surface area contributed by atoms with E-state index < -0.39 is 32.3 Å². The first kappa shape index (κ1) is 53.2. The Morgan fingerprint density at radius 2 is 0.508 bits per heavy atom. The third-order valence-electron chi connectivity index (χ3n) is 15.4. The fraction of sp³-hybridized carbons (Fsp3) is 0.667. The Morgan fingerprint density at radius 1 is 0.305 bits per heavy atom. The van der Waals surface area contributed by atoms with Crippen molar-refractivity contribution >= 4 is 54.7 Å². The van der Waals surface area contributed by atoms with Gasteiger partial charge in [-0.15, -0.1) is 22.2 Å². The molecule has 0 bridgehead atoms. The van der Waals surface area contributed by atoms with E-state index in [0.29, 0.717) is 71.5 Å². The van der Waals surface area contributed by atoms with Gasteiger partial charge in [-0.25, -0.2) is 0 Å². The Bertz CT molecular complexity index is 1920. The summed E-state index contributed by atoms with van der Waals surface area (Å²) in [5, 5.41) is 2.89. The van der Waals surface area contributed by atoms with Crippen LogP contribution in [0.4, 0.5) is 0 Å². The van der Waals surface area contributed by atoms with E-state index in [0.717, 1.165) is 33.0 Å². The highest BCUT2D eigenvalue weighted by molar-refractivity contribution is 6.92. The third-order valence-corrected chi connectivity index (χ3v) is 40.7. The first-order valence-electron chi connectivity index (χ1n) is 23.5. The fourth-order valence-corrected chi connectivity index (χ4v) is 33.4. The van der Waals surface area contributed by atoms with Crippen LogP contribution in [0, 0.1) is 45.9 Å². The zero-order valence-corrected chi connectivity index (χ0v) is 47.3. The first-order valence-corrected chi connectivity index (χ1v) is 32.8. The van der Waals surface area contributed by atoms with Crippen molar-refractivity contribution in [2.75, 3.05) is 0 Å².